The number of aryl methyl sites for hydroxylation is 1. The van der Waals surface area contributed by atoms with E-state index in [0.29, 0.717) is 0 Å². The van der Waals surface area contributed by atoms with Crippen LogP contribution >= 0.6 is 7.87 Å². The van der Waals surface area contributed by atoms with Gasteiger partial charge < -0.3 is 0 Å². The minimum atomic E-state index is -2.76. The lowest BCUT2D eigenvalue weighted by atomic mass is 10.1. The lowest BCUT2D eigenvalue weighted by Gasteiger charge is -2.53. The first-order valence-electron chi connectivity index (χ1n) is 25.8. The maximum atomic E-state index is 3.03. The quantitative estimate of drug-likeness (QED) is 0.0334. The molecule has 4 aromatic rings. The Kier molecular flexibility index (Phi) is 25.9. The van der Waals surface area contributed by atoms with Gasteiger partial charge in [0, 0.05) is 0 Å². The first-order chi connectivity index (χ1) is 30.6. The van der Waals surface area contributed by atoms with Gasteiger partial charge in [-0.1, -0.05) is 229 Å². The number of hydrogen-bond acceptors (Lipinski definition) is 4. The minimum Gasteiger partial charge on any atom is -0.190 e. The molecule has 0 atom stereocenters. The van der Waals surface area contributed by atoms with Gasteiger partial charge in [0.05, 0.1) is 48.9 Å². The number of rotatable bonds is 36. The van der Waals surface area contributed by atoms with Gasteiger partial charge in [0.2, 0.25) is 0 Å². The van der Waals surface area contributed by atoms with E-state index in [4.69, 9.17) is 0 Å². The molecule has 0 aliphatic rings. The van der Waals surface area contributed by atoms with Gasteiger partial charge in [-0.05, 0) is 80.6 Å². The summed E-state index contributed by atoms with van der Waals surface area (Å²) in [6, 6.07) is 44.5. The molecule has 0 fully saturated rings. The molecule has 0 saturated heterocycles. The third-order valence-corrected chi connectivity index (χ3v) is 17.0. The van der Waals surface area contributed by atoms with E-state index in [1.54, 1.807) is 0 Å². The van der Waals surface area contributed by atoms with Crippen molar-refractivity contribution in [1.29, 1.82) is 0 Å². The van der Waals surface area contributed by atoms with Crippen molar-refractivity contribution in [2.24, 2.45) is 0 Å². The van der Waals surface area contributed by atoms with Crippen LogP contribution in [-0.4, -0.2) is 26.2 Å². The fraction of sp³-hybridized carbons (Fsp3) is 0.579. The summed E-state index contributed by atoms with van der Waals surface area (Å²) in [7, 11) is -2.76. The molecule has 0 radical (unpaired) electrons. The molecule has 0 aliphatic carbocycles. The van der Waals surface area contributed by atoms with Crippen LogP contribution < -0.4 is 18.7 Å². The van der Waals surface area contributed by atoms with Crippen LogP contribution in [0.2, 0.25) is 0 Å². The molecule has 0 aromatic heterocycles. The Morgan fingerprint density at radius 2 is 0.548 bits per heavy atom. The van der Waals surface area contributed by atoms with Crippen LogP contribution in [0.4, 0.5) is 22.7 Å². The molecular formula is C57H90N4P+. The van der Waals surface area contributed by atoms with Crippen molar-refractivity contribution in [3.05, 3.63) is 121 Å². The first kappa shape index (κ1) is 51.1. The van der Waals surface area contributed by atoms with E-state index in [2.05, 4.69) is 169 Å². The molecule has 342 valence electrons. The third kappa shape index (κ3) is 16.3. The van der Waals surface area contributed by atoms with Crippen molar-refractivity contribution in [3.8, 4) is 0 Å². The van der Waals surface area contributed by atoms with Crippen LogP contribution in [0.15, 0.2) is 115 Å². The molecule has 0 saturated carbocycles. The third-order valence-electron chi connectivity index (χ3n) is 12.7. The molecule has 0 aliphatic heterocycles. The smallest absolute Gasteiger partial charge is 0.190 e. The second-order valence-electron chi connectivity index (χ2n) is 17.9. The molecule has 0 N–H and O–H groups in total. The number of para-hydroxylation sites is 4. The van der Waals surface area contributed by atoms with E-state index in [-0.39, 0.29) is 0 Å². The molecule has 4 nitrogen and oxygen atoms in total. The van der Waals surface area contributed by atoms with Crippen molar-refractivity contribution < 1.29 is 0 Å². The van der Waals surface area contributed by atoms with Crippen molar-refractivity contribution >= 4 is 30.6 Å². The van der Waals surface area contributed by atoms with Gasteiger partial charge in [0.15, 0.2) is 0 Å². The molecule has 62 heavy (non-hydrogen) atoms. The zero-order valence-corrected chi connectivity index (χ0v) is 41.4. The number of anilines is 4. The Morgan fingerprint density at radius 1 is 0.290 bits per heavy atom. The minimum absolute atomic E-state index is 1.02. The van der Waals surface area contributed by atoms with Gasteiger partial charge in [-0.25, -0.2) is 0 Å². The highest BCUT2D eigenvalue weighted by atomic mass is 31.2. The van der Waals surface area contributed by atoms with Crippen LogP contribution in [0.25, 0.3) is 0 Å². The zero-order valence-electron chi connectivity index (χ0n) is 40.5. The Labute approximate surface area is 383 Å². The normalized spacial score (nSPS) is 11.5. The highest BCUT2D eigenvalue weighted by Gasteiger charge is 2.63. The van der Waals surface area contributed by atoms with Crippen LogP contribution in [-0.2, 0) is 0 Å². The van der Waals surface area contributed by atoms with Gasteiger partial charge in [-0.2, -0.15) is 18.7 Å². The molecule has 0 spiro atoms. The van der Waals surface area contributed by atoms with E-state index in [1.165, 1.54) is 182 Å². The van der Waals surface area contributed by atoms with Gasteiger partial charge >= 0.3 is 7.87 Å². The van der Waals surface area contributed by atoms with Gasteiger partial charge in [0.25, 0.3) is 0 Å². The van der Waals surface area contributed by atoms with Crippen molar-refractivity contribution in [2.45, 2.75) is 189 Å². The summed E-state index contributed by atoms with van der Waals surface area (Å²) in [5.74, 6) is 0. The van der Waals surface area contributed by atoms with Crippen molar-refractivity contribution in [1.82, 2.24) is 0 Å². The van der Waals surface area contributed by atoms with E-state index in [9.17, 15) is 0 Å². The average molecular weight is 862 g/mol. The van der Waals surface area contributed by atoms with Crippen LogP contribution in [0.5, 0.6) is 0 Å². The zero-order chi connectivity index (χ0) is 43.9. The Balaban J connectivity index is 2.10. The summed E-state index contributed by atoms with van der Waals surface area (Å²) < 4.78 is 12.0. The van der Waals surface area contributed by atoms with Gasteiger partial charge in [-0.3, -0.25) is 0 Å². The highest BCUT2D eigenvalue weighted by molar-refractivity contribution is 7.81. The SMILES string of the molecule is CCCCCCCCN(c1ccccc1)[P+](N(CCCCCCCC)c1ccccc1)(N(CCCCCCCC)c1ccccc1)N(CCCCCCCC)c1ccccc1C. The molecular weight excluding hydrogens is 772 g/mol. The predicted octanol–water partition coefficient (Wildman–Crippen LogP) is 18.4. The van der Waals surface area contributed by atoms with E-state index >= 15 is 0 Å². The lowest BCUT2D eigenvalue weighted by Crippen LogP contribution is -2.55. The Bertz CT molecular complexity index is 1510. The number of unbranched alkanes of at least 4 members (excludes halogenated alkanes) is 20. The molecule has 0 bridgehead atoms. The number of nitrogens with zero attached hydrogens (tertiary/aromatic N) is 4. The van der Waals surface area contributed by atoms with Crippen LogP contribution in [0.3, 0.4) is 0 Å². The maximum absolute atomic E-state index is 3.03. The maximum Gasteiger partial charge on any atom is 0.405 e. The van der Waals surface area contributed by atoms with Gasteiger partial charge in [0.1, 0.15) is 0 Å². The summed E-state index contributed by atoms with van der Waals surface area (Å²) in [6.45, 7) is 15.8. The first-order valence-corrected chi connectivity index (χ1v) is 27.4. The fourth-order valence-electron chi connectivity index (χ4n) is 9.26. The fourth-order valence-corrected chi connectivity index (χ4v) is 14.3. The topological polar surface area (TPSA) is 13.0 Å². The average Bonchev–Trinajstić information content (AvgIpc) is 3.31. The number of benzene rings is 4. The highest BCUT2D eigenvalue weighted by Crippen LogP contribution is 2.74. The standard InChI is InChI=1S/C57H90N4P/c1-6-10-14-18-22-37-49-58(54-42-29-26-30-43-54)62(59(55-44-31-27-32-45-55)50-38-23-19-15-11-7-2,60(56-46-33-28-34-47-56)51-39-24-20-16-12-8-3)61(52-40-25-21-17-13-9-4)57-48-36-35-41-53(57)5/h26-36,41-48H,6-25,37-40,49-52H2,1-5H3/q+1. The molecule has 4 rings (SSSR count). The van der Waals surface area contributed by atoms with Crippen molar-refractivity contribution in [2.75, 3.05) is 44.9 Å². The second-order valence-corrected chi connectivity index (χ2v) is 20.9. The molecule has 4 aromatic carbocycles. The van der Waals surface area contributed by atoms with Gasteiger partial charge in [-0.15, -0.1) is 0 Å². The van der Waals surface area contributed by atoms with Crippen LogP contribution in [0.1, 0.15) is 187 Å². The lowest BCUT2D eigenvalue weighted by molar-refractivity contribution is 0.600. The summed E-state index contributed by atoms with van der Waals surface area (Å²) in [5.41, 5.74) is 6.82. The molecule has 0 heterocycles. The molecule has 0 unspecified atom stereocenters. The van der Waals surface area contributed by atoms with E-state index < -0.39 is 7.87 Å². The summed E-state index contributed by atoms with van der Waals surface area (Å²) in [5, 5.41) is 0. The van der Waals surface area contributed by atoms with E-state index in [1.807, 2.05) is 0 Å². The Hall–Kier alpha value is -3.49. The molecule has 0 amide bonds. The largest absolute Gasteiger partial charge is 0.405 e. The molecule has 5 heteroatoms. The van der Waals surface area contributed by atoms with Crippen molar-refractivity contribution in [3.63, 3.8) is 0 Å². The summed E-state index contributed by atoms with van der Waals surface area (Å²) in [4.78, 5) is 0. The summed E-state index contributed by atoms with van der Waals surface area (Å²) >= 11 is 0. The summed E-state index contributed by atoms with van der Waals surface area (Å²) in [6.07, 6.45) is 30.8. The Morgan fingerprint density at radius 3 is 0.855 bits per heavy atom. The van der Waals surface area contributed by atoms with Crippen LogP contribution in [0, 0.1) is 6.92 Å². The second kappa shape index (κ2) is 31.4. The predicted molar refractivity (Wildman–Crippen MR) is 280 cm³/mol. The monoisotopic (exact) mass is 862 g/mol. The number of hydrogen-bond donors (Lipinski definition) is 0. The van der Waals surface area contributed by atoms with E-state index in [0.717, 1.165) is 26.2 Å².